The zero-order valence-corrected chi connectivity index (χ0v) is 18.4. The monoisotopic (exact) mass is 502 g/mol. The summed E-state index contributed by atoms with van der Waals surface area (Å²) in [6.07, 6.45) is 1.91. The topological polar surface area (TPSA) is 35.6 Å². The van der Waals surface area contributed by atoms with Crippen LogP contribution in [0.3, 0.4) is 0 Å². The van der Waals surface area contributed by atoms with Gasteiger partial charge in [0, 0.05) is 45.7 Å². The Labute approximate surface area is 172 Å². The maximum Gasteiger partial charge on any atom is 0.0941 e. The predicted molar refractivity (Wildman–Crippen MR) is 112 cm³/mol. The van der Waals surface area contributed by atoms with E-state index in [9.17, 15) is 0 Å². The zero-order valence-electron chi connectivity index (χ0n) is 13.7. The fourth-order valence-corrected chi connectivity index (χ4v) is 3.70. The Hall–Kier alpha value is -1.08. The van der Waals surface area contributed by atoms with Crippen LogP contribution in [0.15, 0.2) is 39.4 Å². The van der Waals surface area contributed by atoms with Crippen molar-refractivity contribution in [2.75, 3.05) is 0 Å². The lowest BCUT2D eigenvalue weighted by Gasteiger charge is -1.97. The minimum Gasteiger partial charge on any atom is -0.275 e. The number of nitrogens with zero attached hydrogens (tertiary/aromatic N) is 4. The number of halogens is 4. The summed E-state index contributed by atoms with van der Waals surface area (Å²) in [5.41, 5.74) is 2.94. The van der Waals surface area contributed by atoms with Crippen molar-refractivity contribution in [3.05, 3.63) is 55.1 Å². The molecule has 4 aromatic rings. The van der Waals surface area contributed by atoms with Gasteiger partial charge in [0.25, 0.3) is 0 Å². The summed E-state index contributed by atoms with van der Waals surface area (Å²) in [5.74, 6) is 0. The molecule has 4 rings (SSSR count). The van der Waals surface area contributed by atoms with E-state index >= 15 is 0 Å². The Bertz CT molecular complexity index is 1090. The highest BCUT2D eigenvalue weighted by atomic mass is 79.9. The Morgan fingerprint density at radius 2 is 1.48 bits per heavy atom. The van der Waals surface area contributed by atoms with E-state index in [1.807, 2.05) is 56.2 Å². The van der Waals surface area contributed by atoms with Crippen molar-refractivity contribution in [2.45, 2.75) is 6.92 Å². The summed E-state index contributed by atoms with van der Waals surface area (Å²) in [7, 11) is 3.80. The predicted octanol–water partition coefficient (Wildman–Crippen LogP) is 6.29. The maximum atomic E-state index is 6.14. The van der Waals surface area contributed by atoms with Crippen LogP contribution in [0, 0.1) is 6.92 Å². The van der Waals surface area contributed by atoms with Crippen molar-refractivity contribution in [1.82, 2.24) is 19.6 Å². The minimum atomic E-state index is 0.723. The third kappa shape index (κ3) is 3.58. The maximum absolute atomic E-state index is 6.14. The molecule has 0 radical (unpaired) electrons. The molecule has 8 heteroatoms. The van der Waals surface area contributed by atoms with E-state index in [-0.39, 0.29) is 0 Å². The van der Waals surface area contributed by atoms with Gasteiger partial charge < -0.3 is 0 Å². The lowest BCUT2D eigenvalue weighted by atomic mass is 10.2. The van der Waals surface area contributed by atoms with E-state index in [0.29, 0.717) is 0 Å². The van der Waals surface area contributed by atoms with Gasteiger partial charge in [0.1, 0.15) is 0 Å². The average molecular weight is 505 g/mol. The van der Waals surface area contributed by atoms with E-state index in [4.69, 9.17) is 23.2 Å². The molecular formula is C17H14Br2Cl2N4. The summed E-state index contributed by atoms with van der Waals surface area (Å²) in [6.45, 7) is 2.01. The Kier molecular flexibility index (Phi) is 5.44. The molecule has 4 nitrogen and oxygen atoms in total. The van der Waals surface area contributed by atoms with Crippen molar-refractivity contribution in [3.8, 4) is 0 Å². The number of hydrogen-bond acceptors (Lipinski definition) is 2. The van der Waals surface area contributed by atoms with Gasteiger partial charge in [-0.1, -0.05) is 23.2 Å². The molecule has 2 heterocycles. The number of fused-ring (bicyclic) bond motifs is 2. The highest BCUT2D eigenvalue weighted by Crippen LogP contribution is 2.32. The van der Waals surface area contributed by atoms with Gasteiger partial charge in [0.15, 0.2) is 0 Å². The highest BCUT2D eigenvalue weighted by molar-refractivity contribution is 9.10. The van der Waals surface area contributed by atoms with Crippen molar-refractivity contribution in [2.24, 2.45) is 14.1 Å². The lowest BCUT2D eigenvalue weighted by molar-refractivity contribution is 0.751. The zero-order chi connectivity index (χ0) is 18.3. The van der Waals surface area contributed by atoms with Crippen LogP contribution >= 0.6 is 55.1 Å². The fourth-order valence-electron chi connectivity index (χ4n) is 2.52. The molecule has 0 N–H and O–H groups in total. The summed E-state index contributed by atoms with van der Waals surface area (Å²) in [4.78, 5) is 0. The number of aromatic nitrogens is 4. The third-order valence-electron chi connectivity index (χ3n) is 3.87. The molecule has 0 atom stereocenters. The number of aryl methyl sites for hydroxylation is 3. The van der Waals surface area contributed by atoms with Gasteiger partial charge >= 0.3 is 0 Å². The Morgan fingerprint density at radius 3 is 2.16 bits per heavy atom. The first-order chi connectivity index (χ1) is 11.8. The molecule has 2 aromatic heterocycles. The Morgan fingerprint density at radius 1 is 0.880 bits per heavy atom. The van der Waals surface area contributed by atoms with Crippen LogP contribution in [0.25, 0.3) is 21.8 Å². The third-order valence-corrected chi connectivity index (χ3v) is 6.45. The van der Waals surface area contributed by atoms with Crippen molar-refractivity contribution in [3.63, 3.8) is 0 Å². The normalized spacial score (nSPS) is 11.0. The van der Waals surface area contributed by atoms with Crippen LogP contribution in [0.1, 0.15) is 5.69 Å². The Balaban J connectivity index is 0.000000146. The molecular weight excluding hydrogens is 491 g/mol. The van der Waals surface area contributed by atoms with Crippen molar-refractivity contribution in [1.29, 1.82) is 0 Å². The van der Waals surface area contributed by atoms with Gasteiger partial charge in [-0.15, -0.1) is 0 Å². The fraction of sp³-hybridized carbons (Fsp3) is 0.176. The summed E-state index contributed by atoms with van der Waals surface area (Å²) >= 11 is 18.9. The first-order valence-electron chi connectivity index (χ1n) is 7.34. The molecule has 0 saturated carbocycles. The largest absolute Gasteiger partial charge is 0.275 e. The SMILES string of the molecule is Cc1c2c(Cl)c(Br)ccc2nn1C.Cn1cc2c(Cl)c(Br)ccc2n1. The van der Waals surface area contributed by atoms with Gasteiger partial charge in [-0.05, 0) is 63.0 Å². The lowest BCUT2D eigenvalue weighted by Crippen LogP contribution is -1.91. The van der Waals surface area contributed by atoms with E-state index in [2.05, 4.69) is 42.1 Å². The molecule has 0 bridgehead atoms. The molecule has 2 aromatic carbocycles. The molecule has 0 saturated heterocycles. The second kappa shape index (κ2) is 7.27. The molecule has 0 aliphatic carbocycles. The quantitative estimate of drug-likeness (QED) is 0.282. The summed E-state index contributed by atoms with van der Waals surface area (Å²) < 4.78 is 5.41. The van der Waals surface area contributed by atoms with Crippen LogP contribution in [-0.2, 0) is 14.1 Å². The smallest absolute Gasteiger partial charge is 0.0941 e. The second-order valence-corrected chi connectivity index (χ2v) is 8.03. The average Bonchev–Trinajstić information content (AvgIpc) is 3.09. The molecule has 0 fully saturated rings. The molecule has 130 valence electrons. The molecule has 0 aliphatic rings. The van der Waals surface area contributed by atoms with Gasteiger partial charge in [-0.25, -0.2) is 0 Å². The standard InChI is InChI=1S/C9H8BrClN2.C8H6BrClN2/c1-5-8-7(12-13(5)2)4-3-6(10)9(8)11;1-12-4-5-7(11-12)3-2-6(9)8(5)10/h3-4H,1-2H3;2-4H,1H3. The van der Waals surface area contributed by atoms with Crippen molar-refractivity contribution >= 4 is 76.9 Å². The molecule has 0 spiro atoms. The molecule has 0 unspecified atom stereocenters. The van der Waals surface area contributed by atoms with Crippen LogP contribution in [0.5, 0.6) is 0 Å². The second-order valence-electron chi connectivity index (χ2n) is 5.56. The first kappa shape index (κ1) is 18.7. The number of rotatable bonds is 0. The van der Waals surface area contributed by atoms with E-state index in [1.54, 1.807) is 4.68 Å². The molecule has 0 aliphatic heterocycles. The number of benzene rings is 2. The number of hydrogen-bond donors (Lipinski definition) is 0. The summed E-state index contributed by atoms with van der Waals surface area (Å²) in [5, 5.41) is 12.0. The first-order valence-corrected chi connectivity index (χ1v) is 9.68. The van der Waals surface area contributed by atoms with Gasteiger partial charge in [-0.2, -0.15) is 10.2 Å². The van der Waals surface area contributed by atoms with Gasteiger partial charge in [0.05, 0.1) is 21.1 Å². The van der Waals surface area contributed by atoms with Crippen LogP contribution in [0.4, 0.5) is 0 Å². The van der Waals surface area contributed by atoms with E-state index < -0.39 is 0 Å². The van der Waals surface area contributed by atoms with Crippen LogP contribution < -0.4 is 0 Å². The van der Waals surface area contributed by atoms with Gasteiger partial charge in [-0.3, -0.25) is 9.36 Å². The minimum absolute atomic E-state index is 0.723. The highest BCUT2D eigenvalue weighted by Gasteiger charge is 2.10. The van der Waals surface area contributed by atoms with E-state index in [1.165, 1.54) is 0 Å². The van der Waals surface area contributed by atoms with Crippen LogP contribution in [0.2, 0.25) is 10.0 Å². The van der Waals surface area contributed by atoms with Crippen LogP contribution in [-0.4, -0.2) is 19.6 Å². The van der Waals surface area contributed by atoms with E-state index in [0.717, 1.165) is 46.5 Å². The molecule has 0 amide bonds. The van der Waals surface area contributed by atoms with Crippen molar-refractivity contribution < 1.29 is 0 Å². The molecule has 25 heavy (non-hydrogen) atoms. The van der Waals surface area contributed by atoms with Gasteiger partial charge in [0.2, 0.25) is 0 Å². The summed E-state index contributed by atoms with van der Waals surface area (Å²) in [6, 6.07) is 7.71.